The van der Waals surface area contributed by atoms with Crippen LogP contribution in [0.3, 0.4) is 0 Å². The molecule has 0 spiro atoms. The van der Waals surface area contributed by atoms with Gasteiger partial charge in [0.2, 0.25) is 0 Å². The largest absolute Gasteiger partial charge is 0.496 e. The second-order valence-corrected chi connectivity index (χ2v) is 10.2. The second kappa shape index (κ2) is 10.7. The van der Waals surface area contributed by atoms with E-state index < -0.39 is 0 Å². The minimum atomic E-state index is -0.254. The molecule has 0 N–H and O–H groups in total. The Hall–Kier alpha value is -5.38. The van der Waals surface area contributed by atoms with Crippen molar-refractivity contribution in [1.29, 1.82) is 0 Å². The van der Waals surface area contributed by atoms with E-state index in [1.54, 1.807) is 52.3 Å². The maximum Gasteiger partial charge on any atom is 0.196 e. The van der Waals surface area contributed by atoms with E-state index in [1.165, 1.54) is 40.6 Å². The van der Waals surface area contributed by atoms with Gasteiger partial charge in [0.15, 0.2) is 10.9 Å². The highest BCUT2D eigenvalue weighted by molar-refractivity contribution is 6.20. The molecule has 44 heavy (non-hydrogen) atoms. The number of aryl methyl sites for hydroxylation is 2. The lowest BCUT2D eigenvalue weighted by molar-refractivity contribution is 0.391. The summed E-state index contributed by atoms with van der Waals surface area (Å²) in [6, 6.07) is 9.81. The molecule has 2 aromatic heterocycles. The van der Waals surface area contributed by atoms with E-state index in [1.807, 2.05) is 0 Å². The number of benzene rings is 4. The van der Waals surface area contributed by atoms with Gasteiger partial charge in [-0.25, -0.2) is 0 Å². The molecule has 10 nitrogen and oxygen atoms in total. The molecule has 0 aliphatic carbocycles. The van der Waals surface area contributed by atoms with Crippen LogP contribution in [-0.2, 0) is 0 Å². The summed E-state index contributed by atoms with van der Waals surface area (Å²) in [5.74, 6) is 3.15. The van der Waals surface area contributed by atoms with Gasteiger partial charge in [0.25, 0.3) is 0 Å². The molecule has 6 aromatic rings. The lowest BCUT2D eigenvalue weighted by atomic mass is 9.89. The van der Waals surface area contributed by atoms with Crippen LogP contribution >= 0.6 is 0 Å². The van der Waals surface area contributed by atoms with Crippen LogP contribution in [0, 0.1) is 13.8 Å². The fourth-order valence-electron chi connectivity index (χ4n) is 6.06. The van der Waals surface area contributed by atoms with Crippen LogP contribution in [0.15, 0.2) is 54.8 Å². The van der Waals surface area contributed by atoms with Crippen molar-refractivity contribution in [1.82, 2.24) is 0 Å². The first-order valence-electron chi connectivity index (χ1n) is 13.6. The predicted molar refractivity (Wildman–Crippen MR) is 168 cm³/mol. The average molecular weight is 599 g/mol. The van der Waals surface area contributed by atoms with Gasteiger partial charge in [-0.05, 0) is 26.0 Å². The van der Waals surface area contributed by atoms with E-state index in [-0.39, 0.29) is 33.1 Å². The minimum absolute atomic E-state index is 0.254. The second-order valence-electron chi connectivity index (χ2n) is 10.2. The van der Waals surface area contributed by atoms with Crippen LogP contribution in [0.1, 0.15) is 11.5 Å². The van der Waals surface area contributed by atoms with Gasteiger partial charge in [-0.3, -0.25) is 9.59 Å². The molecular formula is C34H30O10. The molecule has 226 valence electrons. The molecule has 0 radical (unpaired) electrons. The highest BCUT2D eigenvalue weighted by Gasteiger charge is 2.29. The Kier molecular flexibility index (Phi) is 6.99. The molecule has 0 unspecified atom stereocenters. The zero-order valence-corrected chi connectivity index (χ0v) is 25.5. The lowest BCUT2D eigenvalue weighted by Crippen LogP contribution is -2.06. The minimum Gasteiger partial charge on any atom is -0.496 e. The molecule has 0 saturated carbocycles. The predicted octanol–water partition coefficient (Wildman–Crippen LogP) is 6.54. The van der Waals surface area contributed by atoms with Crippen molar-refractivity contribution in [3.05, 3.63) is 68.4 Å². The fraction of sp³-hybridized carbons (Fsp3) is 0.235. The van der Waals surface area contributed by atoms with Gasteiger partial charge in [-0.15, -0.1) is 0 Å². The fourth-order valence-corrected chi connectivity index (χ4v) is 6.06. The smallest absolute Gasteiger partial charge is 0.196 e. The summed E-state index contributed by atoms with van der Waals surface area (Å²) < 4.78 is 47.4. The maximum absolute atomic E-state index is 13.2. The van der Waals surface area contributed by atoms with Crippen LogP contribution in [0.25, 0.3) is 54.6 Å². The molecule has 0 aliphatic heterocycles. The quantitative estimate of drug-likeness (QED) is 0.188. The number of ether oxygens (including phenoxy) is 6. The van der Waals surface area contributed by atoms with Gasteiger partial charge in [0.05, 0.1) is 53.4 Å². The summed E-state index contributed by atoms with van der Waals surface area (Å²) in [6.45, 7) is 3.41. The van der Waals surface area contributed by atoms with E-state index in [4.69, 9.17) is 37.3 Å². The van der Waals surface area contributed by atoms with Crippen molar-refractivity contribution in [2.45, 2.75) is 13.8 Å². The summed E-state index contributed by atoms with van der Waals surface area (Å²) in [5.41, 5.74) is 1.28. The Morgan fingerprint density at radius 1 is 0.455 bits per heavy atom. The Morgan fingerprint density at radius 2 is 0.818 bits per heavy atom. The first kappa shape index (κ1) is 28.7. The van der Waals surface area contributed by atoms with E-state index in [0.29, 0.717) is 78.4 Å². The third-order valence-corrected chi connectivity index (χ3v) is 7.78. The Balaban J connectivity index is 1.95. The lowest BCUT2D eigenvalue weighted by Gasteiger charge is -2.22. The van der Waals surface area contributed by atoms with E-state index in [9.17, 15) is 9.59 Å². The van der Waals surface area contributed by atoms with Crippen molar-refractivity contribution in [2.24, 2.45) is 0 Å². The summed E-state index contributed by atoms with van der Waals surface area (Å²) in [6.07, 6.45) is 0. The first-order chi connectivity index (χ1) is 21.2. The topological polar surface area (TPSA) is 116 Å². The molecule has 0 fully saturated rings. The highest BCUT2D eigenvalue weighted by atomic mass is 16.5. The molecule has 4 aromatic carbocycles. The van der Waals surface area contributed by atoms with Gasteiger partial charge in [0, 0.05) is 46.2 Å². The van der Waals surface area contributed by atoms with Crippen LogP contribution in [0.2, 0.25) is 0 Å². The normalized spacial score (nSPS) is 11.4. The zero-order chi connectivity index (χ0) is 31.4. The summed E-state index contributed by atoms with van der Waals surface area (Å²) in [4.78, 5) is 26.4. The summed E-state index contributed by atoms with van der Waals surface area (Å²) in [5, 5.41) is 2.78. The monoisotopic (exact) mass is 598 g/mol. The van der Waals surface area contributed by atoms with Crippen LogP contribution in [0.5, 0.6) is 34.5 Å². The van der Waals surface area contributed by atoms with Crippen molar-refractivity contribution >= 4 is 43.5 Å². The molecule has 2 heterocycles. The number of hydrogen-bond donors (Lipinski definition) is 0. The Morgan fingerprint density at radius 3 is 1.14 bits per heavy atom. The first-order valence-corrected chi connectivity index (χ1v) is 13.6. The molecule has 0 amide bonds. The molecule has 10 heteroatoms. The number of rotatable bonds is 7. The summed E-state index contributed by atoms with van der Waals surface area (Å²) in [7, 11) is 9.12. The number of fused-ring (bicyclic) bond motifs is 4. The maximum atomic E-state index is 13.2. The van der Waals surface area contributed by atoms with Gasteiger partial charge < -0.3 is 37.3 Å². The van der Waals surface area contributed by atoms with Crippen LogP contribution < -0.4 is 39.3 Å². The average Bonchev–Trinajstić information content (AvgIpc) is 3.00. The van der Waals surface area contributed by atoms with E-state index >= 15 is 0 Å². The van der Waals surface area contributed by atoms with Crippen molar-refractivity contribution in [2.75, 3.05) is 42.7 Å². The van der Waals surface area contributed by atoms with Crippen molar-refractivity contribution in [3.63, 3.8) is 0 Å². The number of hydrogen-bond acceptors (Lipinski definition) is 10. The molecule has 0 bridgehead atoms. The Bertz CT molecular complexity index is 2100. The zero-order valence-electron chi connectivity index (χ0n) is 25.5. The molecular weight excluding hydrogens is 568 g/mol. The standard InChI is InChI=1S/C34H30O10/c1-15-9-19(35)31-25(43-15)11-17-27(21(37-3)13-23(39-5)29(17)33(31)41-7)28-18-12-26-32(20(36)10-16(2)44-26)34(42-8)30(18)24(40-6)14-22(28)38-4/h9-14H,1-8H3. The van der Waals surface area contributed by atoms with Crippen molar-refractivity contribution < 1.29 is 37.3 Å². The Labute approximate surface area is 251 Å². The summed E-state index contributed by atoms with van der Waals surface area (Å²) >= 11 is 0. The van der Waals surface area contributed by atoms with Crippen LogP contribution in [-0.4, -0.2) is 42.7 Å². The SMILES string of the molecule is COc1cc(OC)c2c(OC)c3c(=O)cc(C)oc3cc2c1-c1c(OC)cc(OC)c2c(OC)c3c(=O)cc(C)oc3cc12. The van der Waals surface area contributed by atoms with Gasteiger partial charge in [0.1, 0.15) is 68.0 Å². The van der Waals surface area contributed by atoms with E-state index in [2.05, 4.69) is 0 Å². The number of methoxy groups -OCH3 is 6. The molecule has 6 rings (SSSR count). The van der Waals surface area contributed by atoms with Crippen molar-refractivity contribution in [3.8, 4) is 45.6 Å². The third-order valence-electron chi connectivity index (χ3n) is 7.78. The van der Waals surface area contributed by atoms with Gasteiger partial charge in [-0.2, -0.15) is 0 Å². The molecule has 0 atom stereocenters. The third kappa shape index (κ3) is 4.09. The van der Waals surface area contributed by atoms with Gasteiger partial charge in [-0.1, -0.05) is 0 Å². The van der Waals surface area contributed by atoms with Crippen LogP contribution in [0.4, 0.5) is 0 Å². The molecule has 0 aliphatic rings. The van der Waals surface area contributed by atoms with E-state index in [0.717, 1.165) is 0 Å². The molecule has 0 saturated heterocycles. The highest BCUT2D eigenvalue weighted by Crippen LogP contribution is 2.54. The van der Waals surface area contributed by atoms with Gasteiger partial charge >= 0.3 is 0 Å².